The maximum absolute atomic E-state index is 11.1. The predicted octanol–water partition coefficient (Wildman–Crippen LogP) is 1.28. The molecule has 0 aliphatic carbocycles. The van der Waals surface area contributed by atoms with Crippen LogP contribution in [0.25, 0.3) is 0 Å². The number of carbonyl (C=O) groups is 1. The second-order valence-electron chi connectivity index (χ2n) is 4.17. The van der Waals surface area contributed by atoms with E-state index in [1.165, 1.54) is 5.69 Å². The standard InChI is InChI=1S/C12H17N3O/c1-14(12(13)16)11-7-8-15(9-11)10-5-3-2-4-6-10/h2-6,11H,7-9H2,1H3,(H2,13,16). The van der Waals surface area contributed by atoms with E-state index in [1.54, 1.807) is 11.9 Å². The molecule has 0 spiro atoms. The number of rotatable bonds is 2. The zero-order valence-electron chi connectivity index (χ0n) is 9.47. The maximum Gasteiger partial charge on any atom is 0.314 e. The molecule has 1 aromatic carbocycles. The second kappa shape index (κ2) is 4.43. The molecule has 0 saturated carbocycles. The normalized spacial score (nSPS) is 19.8. The minimum Gasteiger partial charge on any atom is -0.369 e. The van der Waals surface area contributed by atoms with Gasteiger partial charge in [-0.2, -0.15) is 0 Å². The van der Waals surface area contributed by atoms with Crippen LogP contribution >= 0.6 is 0 Å². The van der Waals surface area contributed by atoms with E-state index in [2.05, 4.69) is 17.0 Å². The van der Waals surface area contributed by atoms with Crippen molar-refractivity contribution in [2.24, 2.45) is 5.73 Å². The van der Waals surface area contributed by atoms with Gasteiger partial charge in [0.25, 0.3) is 0 Å². The Labute approximate surface area is 95.6 Å². The fraction of sp³-hybridized carbons (Fsp3) is 0.417. The van der Waals surface area contributed by atoms with Crippen LogP contribution in [0.2, 0.25) is 0 Å². The van der Waals surface area contributed by atoms with Gasteiger partial charge in [-0.15, -0.1) is 0 Å². The van der Waals surface area contributed by atoms with Gasteiger partial charge in [0.1, 0.15) is 0 Å². The zero-order valence-corrected chi connectivity index (χ0v) is 9.47. The molecule has 2 amide bonds. The van der Waals surface area contributed by atoms with Crippen LogP contribution in [0, 0.1) is 0 Å². The average molecular weight is 219 g/mol. The highest BCUT2D eigenvalue weighted by Gasteiger charge is 2.27. The van der Waals surface area contributed by atoms with Crippen molar-refractivity contribution in [2.45, 2.75) is 12.5 Å². The third-order valence-corrected chi connectivity index (χ3v) is 3.18. The topological polar surface area (TPSA) is 49.6 Å². The molecule has 0 bridgehead atoms. The first-order valence-corrected chi connectivity index (χ1v) is 5.51. The van der Waals surface area contributed by atoms with Crippen molar-refractivity contribution in [3.05, 3.63) is 30.3 Å². The summed E-state index contributed by atoms with van der Waals surface area (Å²) in [4.78, 5) is 15.0. The number of hydrogen-bond acceptors (Lipinski definition) is 2. The van der Waals surface area contributed by atoms with Gasteiger partial charge in [-0.25, -0.2) is 4.79 Å². The van der Waals surface area contributed by atoms with Gasteiger partial charge in [0.05, 0.1) is 6.04 Å². The number of likely N-dealkylation sites (N-methyl/N-ethyl adjacent to an activating group) is 1. The zero-order chi connectivity index (χ0) is 11.5. The Hall–Kier alpha value is -1.71. The van der Waals surface area contributed by atoms with Crippen molar-refractivity contribution in [3.8, 4) is 0 Å². The molecule has 1 unspecified atom stereocenters. The molecule has 86 valence electrons. The number of primary amides is 1. The van der Waals surface area contributed by atoms with Crippen LogP contribution in [0.1, 0.15) is 6.42 Å². The summed E-state index contributed by atoms with van der Waals surface area (Å²) in [6, 6.07) is 10.1. The van der Waals surface area contributed by atoms with Crippen molar-refractivity contribution >= 4 is 11.7 Å². The number of hydrogen-bond donors (Lipinski definition) is 1. The second-order valence-corrected chi connectivity index (χ2v) is 4.17. The Kier molecular flexibility index (Phi) is 2.99. The van der Waals surface area contributed by atoms with Gasteiger partial charge in [0, 0.05) is 25.8 Å². The number of benzene rings is 1. The van der Waals surface area contributed by atoms with Gasteiger partial charge in [-0.3, -0.25) is 0 Å². The molecule has 0 radical (unpaired) electrons. The van der Waals surface area contributed by atoms with E-state index in [9.17, 15) is 4.79 Å². The third-order valence-electron chi connectivity index (χ3n) is 3.18. The quantitative estimate of drug-likeness (QED) is 0.814. The van der Waals surface area contributed by atoms with Crippen molar-refractivity contribution < 1.29 is 4.79 Å². The number of amides is 2. The molecule has 1 aliphatic rings. The summed E-state index contributed by atoms with van der Waals surface area (Å²) in [5.41, 5.74) is 6.48. The van der Waals surface area contributed by atoms with Crippen LogP contribution in [0.4, 0.5) is 10.5 Å². The summed E-state index contributed by atoms with van der Waals surface area (Å²) >= 11 is 0. The number of anilines is 1. The smallest absolute Gasteiger partial charge is 0.314 e. The highest BCUT2D eigenvalue weighted by atomic mass is 16.2. The number of urea groups is 1. The van der Waals surface area contributed by atoms with Crippen molar-refractivity contribution in [1.29, 1.82) is 0 Å². The molecule has 1 aromatic rings. The summed E-state index contributed by atoms with van der Waals surface area (Å²) in [6.45, 7) is 1.84. The Morgan fingerprint density at radius 3 is 2.75 bits per heavy atom. The van der Waals surface area contributed by atoms with Crippen LogP contribution in [0.15, 0.2) is 30.3 Å². The van der Waals surface area contributed by atoms with Gasteiger partial charge in [0.15, 0.2) is 0 Å². The molecule has 2 N–H and O–H groups in total. The average Bonchev–Trinajstić information content (AvgIpc) is 2.78. The fourth-order valence-corrected chi connectivity index (χ4v) is 2.11. The number of nitrogens with two attached hydrogens (primary N) is 1. The largest absolute Gasteiger partial charge is 0.369 e. The lowest BCUT2D eigenvalue weighted by molar-refractivity contribution is 0.204. The van der Waals surface area contributed by atoms with Crippen LogP contribution in [-0.4, -0.2) is 37.1 Å². The molecule has 4 heteroatoms. The van der Waals surface area contributed by atoms with E-state index in [1.807, 2.05) is 18.2 Å². The SMILES string of the molecule is CN(C(N)=O)C1CCN(c2ccccc2)C1. The van der Waals surface area contributed by atoms with Crippen molar-refractivity contribution in [3.63, 3.8) is 0 Å². The molecule has 1 atom stereocenters. The van der Waals surface area contributed by atoms with Crippen LogP contribution in [-0.2, 0) is 0 Å². The van der Waals surface area contributed by atoms with Gasteiger partial charge in [-0.1, -0.05) is 18.2 Å². The summed E-state index contributed by atoms with van der Waals surface area (Å²) in [5.74, 6) is 0. The van der Waals surface area contributed by atoms with Gasteiger partial charge < -0.3 is 15.5 Å². The summed E-state index contributed by atoms with van der Waals surface area (Å²) in [5, 5.41) is 0. The molecular formula is C12H17N3O. The fourth-order valence-electron chi connectivity index (χ4n) is 2.11. The van der Waals surface area contributed by atoms with Crippen LogP contribution in [0.5, 0.6) is 0 Å². The molecule has 16 heavy (non-hydrogen) atoms. The Bertz CT molecular complexity index is 366. The molecular weight excluding hydrogens is 202 g/mol. The lowest BCUT2D eigenvalue weighted by Crippen LogP contribution is -2.42. The summed E-state index contributed by atoms with van der Waals surface area (Å²) < 4.78 is 0. The van der Waals surface area contributed by atoms with Gasteiger partial charge >= 0.3 is 6.03 Å². The highest BCUT2D eigenvalue weighted by Crippen LogP contribution is 2.21. The minimum absolute atomic E-state index is 0.234. The number of para-hydroxylation sites is 1. The first-order valence-electron chi connectivity index (χ1n) is 5.51. The molecule has 1 saturated heterocycles. The maximum atomic E-state index is 11.1. The van der Waals surface area contributed by atoms with E-state index < -0.39 is 0 Å². The van der Waals surface area contributed by atoms with E-state index in [-0.39, 0.29) is 12.1 Å². The lowest BCUT2D eigenvalue weighted by Gasteiger charge is -2.23. The highest BCUT2D eigenvalue weighted by molar-refractivity contribution is 5.72. The van der Waals surface area contributed by atoms with Crippen LogP contribution < -0.4 is 10.6 Å². The van der Waals surface area contributed by atoms with Crippen molar-refractivity contribution in [1.82, 2.24) is 4.90 Å². The lowest BCUT2D eigenvalue weighted by atomic mass is 10.2. The Balaban J connectivity index is 2.01. The molecule has 2 rings (SSSR count). The van der Waals surface area contributed by atoms with Gasteiger partial charge in [0.2, 0.25) is 0 Å². The summed E-state index contributed by atoms with van der Waals surface area (Å²) in [7, 11) is 1.77. The third kappa shape index (κ3) is 2.10. The monoisotopic (exact) mass is 219 g/mol. The minimum atomic E-state index is -0.347. The van der Waals surface area contributed by atoms with Crippen molar-refractivity contribution in [2.75, 3.05) is 25.0 Å². The first-order chi connectivity index (χ1) is 7.68. The molecule has 4 nitrogen and oxygen atoms in total. The van der Waals surface area contributed by atoms with E-state index >= 15 is 0 Å². The van der Waals surface area contributed by atoms with Gasteiger partial charge in [-0.05, 0) is 18.6 Å². The predicted molar refractivity (Wildman–Crippen MR) is 64.4 cm³/mol. The summed E-state index contributed by atoms with van der Waals surface area (Å²) in [6.07, 6.45) is 0.980. The van der Waals surface area contributed by atoms with E-state index in [0.29, 0.717) is 0 Å². The first kappa shape index (κ1) is 10.8. The molecule has 0 aromatic heterocycles. The van der Waals surface area contributed by atoms with E-state index in [0.717, 1.165) is 19.5 Å². The van der Waals surface area contributed by atoms with E-state index in [4.69, 9.17) is 5.73 Å². The number of nitrogens with zero attached hydrogens (tertiary/aromatic N) is 2. The van der Waals surface area contributed by atoms with Crippen LogP contribution in [0.3, 0.4) is 0 Å². The molecule has 1 aliphatic heterocycles. The number of carbonyl (C=O) groups excluding carboxylic acids is 1. The molecule has 1 heterocycles. The molecule has 1 fully saturated rings. The Morgan fingerprint density at radius 1 is 1.44 bits per heavy atom. The Morgan fingerprint density at radius 2 is 2.12 bits per heavy atom.